The molecule has 0 heterocycles. The van der Waals surface area contributed by atoms with Crippen molar-refractivity contribution in [3.63, 3.8) is 0 Å². The Labute approximate surface area is 136 Å². The van der Waals surface area contributed by atoms with Crippen LogP contribution in [0.4, 0.5) is 0 Å². The highest BCUT2D eigenvalue weighted by atomic mass is 32.2. The molecule has 0 saturated heterocycles. The van der Waals surface area contributed by atoms with Crippen molar-refractivity contribution in [1.29, 1.82) is 0 Å². The van der Waals surface area contributed by atoms with E-state index in [0.717, 1.165) is 0 Å². The molecule has 2 aromatic rings. The number of rotatable bonds is 6. The van der Waals surface area contributed by atoms with Crippen LogP contribution in [-0.2, 0) is 14.6 Å². The zero-order chi connectivity index (χ0) is 16.9. The number of sulfone groups is 1. The maximum Gasteiger partial charge on any atom is 0.337 e. The minimum Gasteiger partial charge on any atom is -0.465 e. The highest BCUT2D eigenvalue weighted by Crippen LogP contribution is 2.32. The van der Waals surface area contributed by atoms with Crippen LogP contribution in [0.5, 0.6) is 0 Å². The summed E-state index contributed by atoms with van der Waals surface area (Å²) in [7, 11) is -2.24. The number of hydrogen-bond donors (Lipinski definition) is 0. The summed E-state index contributed by atoms with van der Waals surface area (Å²) in [5.41, 5.74) is 0.993. The number of allylic oxidation sites excluding steroid dienone is 1. The van der Waals surface area contributed by atoms with Gasteiger partial charge in [0.2, 0.25) is 0 Å². The van der Waals surface area contributed by atoms with Crippen LogP contribution in [0.2, 0.25) is 0 Å². The Morgan fingerprint density at radius 1 is 1.13 bits per heavy atom. The molecule has 0 fully saturated rings. The third kappa shape index (κ3) is 3.68. The third-order valence-electron chi connectivity index (χ3n) is 3.53. The van der Waals surface area contributed by atoms with Gasteiger partial charge in [-0.2, -0.15) is 0 Å². The molecule has 0 aliphatic heterocycles. The second-order valence-corrected chi connectivity index (χ2v) is 7.12. The summed E-state index contributed by atoms with van der Waals surface area (Å²) >= 11 is 0. The van der Waals surface area contributed by atoms with E-state index in [9.17, 15) is 13.2 Å². The van der Waals surface area contributed by atoms with E-state index < -0.39 is 21.1 Å². The summed E-state index contributed by atoms with van der Waals surface area (Å²) < 4.78 is 30.4. The second-order valence-electron chi connectivity index (χ2n) is 4.98. The molecule has 2 aromatic carbocycles. The van der Waals surface area contributed by atoms with Crippen LogP contribution in [0, 0.1) is 0 Å². The van der Waals surface area contributed by atoms with Gasteiger partial charge in [0.05, 0.1) is 22.8 Å². The van der Waals surface area contributed by atoms with Gasteiger partial charge in [-0.15, -0.1) is 6.58 Å². The van der Waals surface area contributed by atoms with Gasteiger partial charge in [0.15, 0.2) is 9.84 Å². The fourth-order valence-electron chi connectivity index (χ4n) is 2.32. The molecule has 0 unspecified atom stereocenters. The van der Waals surface area contributed by atoms with E-state index in [2.05, 4.69) is 11.3 Å². The topological polar surface area (TPSA) is 60.4 Å². The number of benzene rings is 2. The van der Waals surface area contributed by atoms with E-state index in [-0.39, 0.29) is 11.3 Å². The SMILES string of the molecule is C=CC[C@H](c1ccc(C(=O)OC)cc1)S(=O)(=O)c1ccccc1. The first-order chi connectivity index (χ1) is 11.0. The van der Waals surface area contributed by atoms with Crippen molar-refractivity contribution < 1.29 is 17.9 Å². The van der Waals surface area contributed by atoms with E-state index in [1.807, 2.05) is 0 Å². The van der Waals surface area contributed by atoms with Gasteiger partial charge in [-0.1, -0.05) is 36.4 Å². The van der Waals surface area contributed by atoms with Crippen molar-refractivity contribution in [1.82, 2.24) is 0 Å². The lowest BCUT2D eigenvalue weighted by Crippen LogP contribution is -2.13. The molecule has 0 radical (unpaired) electrons. The van der Waals surface area contributed by atoms with Crippen LogP contribution < -0.4 is 0 Å². The van der Waals surface area contributed by atoms with Crippen molar-refractivity contribution >= 4 is 15.8 Å². The van der Waals surface area contributed by atoms with E-state index in [1.54, 1.807) is 60.7 Å². The number of hydrogen-bond acceptors (Lipinski definition) is 4. The normalized spacial score (nSPS) is 12.4. The molecule has 0 spiro atoms. The van der Waals surface area contributed by atoms with Crippen LogP contribution in [0.15, 0.2) is 72.1 Å². The van der Waals surface area contributed by atoms with Gasteiger partial charge in [0, 0.05) is 0 Å². The lowest BCUT2D eigenvalue weighted by atomic mass is 10.1. The standard InChI is InChI=1S/C18H18O4S/c1-3-7-17(23(20,21)16-8-5-4-6-9-16)14-10-12-15(13-11-14)18(19)22-2/h3-6,8-13,17H,1,7H2,2H3/t17-/m1/s1. The summed E-state index contributed by atoms with van der Waals surface area (Å²) in [6, 6.07) is 14.7. The van der Waals surface area contributed by atoms with Gasteiger partial charge in [-0.05, 0) is 36.2 Å². The minimum atomic E-state index is -3.54. The lowest BCUT2D eigenvalue weighted by molar-refractivity contribution is 0.0600. The number of carbonyl (C=O) groups is 1. The molecular formula is C18H18O4S. The molecule has 0 aromatic heterocycles. The van der Waals surface area contributed by atoms with Crippen LogP contribution >= 0.6 is 0 Å². The van der Waals surface area contributed by atoms with Crippen molar-refractivity contribution in [2.75, 3.05) is 7.11 Å². The van der Waals surface area contributed by atoms with Gasteiger partial charge in [-0.25, -0.2) is 13.2 Å². The van der Waals surface area contributed by atoms with E-state index >= 15 is 0 Å². The summed E-state index contributed by atoms with van der Waals surface area (Å²) in [4.78, 5) is 11.7. The molecule has 0 aliphatic carbocycles. The number of esters is 1. The quantitative estimate of drug-likeness (QED) is 0.600. The minimum absolute atomic E-state index is 0.267. The Morgan fingerprint density at radius 2 is 1.74 bits per heavy atom. The number of ether oxygens (including phenoxy) is 1. The van der Waals surface area contributed by atoms with Gasteiger partial charge in [-0.3, -0.25) is 0 Å². The molecule has 120 valence electrons. The van der Waals surface area contributed by atoms with Gasteiger partial charge < -0.3 is 4.74 Å². The van der Waals surface area contributed by atoms with Crippen molar-refractivity contribution in [2.45, 2.75) is 16.6 Å². The van der Waals surface area contributed by atoms with Crippen LogP contribution in [-0.4, -0.2) is 21.5 Å². The van der Waals surface area contributed by atoms with Crippen molar-refractivity contribution in [3.05, 3.63) is 78.4 Å². The second kappa shape index (κ2) is 7.24. The first-order valence-electron chi connectivity index (χ1n) is 7.09. The Hall–Kier alpha value is -2.40. The average molecular weight is 330 g/mol. The summed E-state index contributed by atoms with van der Waals surface area (Å²) in [5, 5.41) is -0.742. The zero-order valence-corrected chi connectivity index (χ0v) is 13.6. The predicted octanol–water partition coefficient (Wildman–Crippen LogP) is 3.56. The van der Waals surface area contributed by atoms with Crippen LogP contribution in [0.1, 0.15) is 27.6 Å². The van der Waals surface area contributed by atoms with Crippen LogP contribution in [0.3, 0.4) is 0 Å². The smallest absolute Gasteiger partial charge is 0.337 e. The molecule has 0 saturated carbocycles. The largest absolute Gasteiger partial charge is 0.465 e. The summed E-state index contributed by atoms with van der Waals surface area (Å²) in [6.45, 7) is 3.65. The molecule has 0 bridgehead atoms. The van der Waals surface area contributed by atoms with Crippen molar-refractivity contribution in [2.24, 2.45) is 0 Å². The molecule has 0 amide bonds. The summed E-state index contributed by atoms with van der Waals surface area (Å²) in [5.74, 6) is -0.456. The zero-order valence-electron chi connectivity index (χ0n) is 12.8. The fraction of sp³-hybridized carbons (Fsp3) is 0.167. The monoisotopic (exact) mass is 330 g/mol. The molecule has 0 aliphatic rings. The Morgan fingerprint density at radius 3 is 2.26 bits per heavy atom. The molecular weight excluding hydrogens is 312 g/mol. The Kier molecular flexibility index (Phi) is 5.34. The van der Waals surface area contributed by atoms with E-state index in [0.29, 0.717) is 11.1 Å². The maximum atomic E-state index is 12.9. The summed E-state index contributed by atoms with van der Waals surface area (Å²) in [6.07, 6.45) is 1.87. The fourth-order valence-corrected chi connectivity index (χ4v) is 4.09. The van der Waals surface area contributed by atoms with Crippen molar-refractivity contribution in [3.8, 4) is 0 Å². The number of carbonyl (C=O) groups excluding carboxylic acids is 1. The molecule has 1 atom stereocenters. The van der Waals surface area contributed by atoms with Gasteiger partial charge in [0.25, 0.3) is 0 Å². The third-order valence-corrected chi connectivity index (χ3v) is 5.67. The molecule has 0 N–H and O–H groups in total. The lowest BCUT2D eigenvalue weighted by Gasteiger charge is -2.17. The van der Waals surface area contributed by atoms with E-state index in [4.69, 9.17) is 0 Å². The molecule has 4 nitrogen and oxygen atoms in total. The highest BCUT2D eigenvalue weighted by molar-refractivity contribution is 7.91. The van der Waals surface area contributed by atoms with E-state index in [1.165, 1.54) is 7.11 Å². The maximum absolute atomic E-state index is 12.9. The van der Waals surface area contributed by atoms with Gasteiger partial charge in [0.1, 0.15) is 0 Å². The molecule has 5 heteroatoms. The first kappa shape index (κ1) is 17.0. The Bertz CT molecular complexity index is 778. The highest BCUT2D eigenvalue weighted by Gasteiger charge is 2.28. The van der Waals surface area contributed by atoms with Gasteiger partial charge >= 0.3 is 5.97 Å². The first-order valence-corrected chi connectivity index (χ1v) is 8.63. The number of methoxy groups -OCH3 is 1. The Balaban J connectivity index is 2.42. The average Bonchev–Trinajstić information content (AvgIpc) is 2.60. The molecule has 2 rings (SSSR count). The predicted molar refractivity (Wildman–Crippen MR) is 89.0 cm³/mol. The molecule has 23 heavy (non-hydrogen) atoms. The van der Waals surface area contributed by atoms with Crippen LogP contribution in [0.25, 0.3) is 0 Å².